The highest BCUT2D eigenvalue weighted by Crippen LogP contribution is 2.27. The van der Waals surface area contributed by atoms with E-state index in [9.17, 15) is 0 Å². The first-order valence-electron chi connectivity index (χ1n) is 12.8. The van der Waals surface area contributed by atoms with Crippen LogP contribution in [0.5, 0.6) is 0 Å². The van der Waals surface area contributed by atoms with Crippen LogP contribution in [0.4, 0.5) is 22.9 Å². The summed E-state index contributed by atoms with van der Waals surface area (Å²) in [7, 11) is 2.19. The Labute approximate surface area is 216 Å². The Morgan fingerprint density at radius 2 is 1.70 bits per heavy atom. The average molecular weight is 493 g/mol. The Kier molecular flexibility index (Phi) is 6.24. The van der Waals surface area contributed by atoms with Crippen LogP contribution < -0.4 is 16.4 Å². The van der Waals surface area contributed by atoms with Crippen molar-refractivity contribution in [3.05, 3.63) is 84.7 Å². The second-order valence-electron chi connectivity index (χ2n) is 9.91. The molecular weight excluding hydrogens is 460 g/mol. The van der Waals surface area contributed by atoms with Gasteiger partial charge in [-0.15, -0.1) is 0 Å². The number of hydrogen-bond acceptors (Lipinski definition) is 6. The number of anilines is 4. The van der Waals surface area contributed by atoms with E-state index >= 15 is 0 Å². The van der Waals surface area contributed by atoms with Gasteiger partial charge in [-0.25, -0.2) is 4.98 Å². The predicted octanol–water partition coefficient (Wildman–Crippen LogP) is 5.31. The van der Waals surface area contributed by atoms with Crippen molar-refractivity contribution in [1.29, 1.82) is 0 Å². The van der Waals surface area contributed by atoms with Crippen molar-refractivity contribution in [3.8, 4) is 11.3 Å². The third kappa shape index (κ3) is 5.29. The van der Waals surface area contributed by atoms with E-state index in [2.05, 4.69) is 90.9 Å². The minimum Gasteiger partial charge on any atom is -0.399 e. The number of rotatable bonds is 7. The van der Waals surface area contributed by atoms with Crippen LogP contribution in [0.2, 0.25) is 0 Å². The summed E-state index contributed by atoms with van der Waals surface area (Å²) in [4.78, 5) is 6.95. The van der Waals surface area contributed by atoms with E-state index in [0.29, 0.717) is 6.04 Å². The minimum absolute atomic E-state index is 0.545. The van der Waals surface area contributed by atoms with Gasteiger partial charge in [-0.05, 0) is 87.1 Å². The monoisotopic (exact) mass is 492 g/mol. The smallest absolute Gasteiger partial charge is 0.152 e. The van der Waals surface area contributed by atoms with Gasteiger partial charge in [0.25, 0.3) is 0 Å². The lowest BCUT2D eigenvalue weighted by Crippen LogP contribution is -2.36. The molecule has 188 valence electrons. The number of nitrogens with two attached hydrogens (primary N) is 1. The molecule has 0 radical (unpaired) electrons. The maximum Gasteiger partial charge on any atom is 0.152 e. The zero-order valence-electron chi connectivity index (χ0n) is 21.0. The Morgan fingerprint density at radius 1 is 0.946 bits per heavy atom. The number of H-pyrrole nitrogens is 1. The Balaban J connectivity index is 1.13. The van der Waals surface area contributed by atoms with E-state index in [0.717, 1.165) is 64.8 Å². The number of piperidine rings is 1. The highest BCUT2D eigenvalue weighted by molar-refractivity contribution is 5.82. The Hall–Kier alpha value is -4.30. The van der Waals surface area contributed by atoms with Crippen LogP contribution in [0.3, 0.4) is 0 Å². The van der Waals surface area contributed by atoms with Crippen LogP contribution in [0.25, 0.3) is 22.3 Å². The molecule has 0 saturated carbocycles. The predicted molar refractivity (Wildman–Crippen MR) is 151 cm³/mol. The molecule has 0 aliphatic carbocycles. The number of hydrogen-bond donors (Lipinski definition) is 4. The summed E-state index contributed by atoms with van der Waals surface area (Å²) in [6.45, 7) is 3.03. The molecule has 8 heteroatoms. The number of nitrogens with one attached hydrogen (secondary N) is 3. The normalized spacial score (nSPS) is 14.7. The highest BCUT2D eigenvalue weighted by Gasteiger charge is 2.16. The van der Waals surface area contributed by atoms with E-state index in [4.69, 9.17) is 5.73 Å². The number of nitrogens with zero attached hydrogens (tertiary/aromatic N) is 4. The number of likely N-dealkylation sites (tertiary alicyclic amines) is 1. The molecule has 0 amide bonds. The second-order valence-corrected chi connectivity index (χ2v) is 9.91. The van der Waals surface area contributed by atoms with Crippen molar-refractivity contribution in [2.75, 3.05) is 36.5 Å². The summed E-state index contributed by atoms with van der Waals surface area (Å²) in [5.41, 5.74) is 14.0. The number of imidazole rings is 1. The van der Waals surface area contributed by atoms with Crippen LogP contribution in [0, 0.1) is 0 Å². The summed E-state index contributed by atoms with van der Waals surface area (Å²) in [6, 6.07) is 25.3. The minimum atomic E-state index is 0.545. The lowest BCUT2D eigenvalue weighted by Gasteiger charge is -2.30. The van der Waals surface area contributed by atoms with Gasteiger partial charge in [0.05, 0.1) is 23.1 Å². The zero-order chi connectivity index (χ0) is 25.2. The SMILES string of the molecule is CN1CCC(Nc2ccc(Nc3cc(-c4ccc5ncn(Cc6ccc(N)cc6)c5c4)[nH]n3)cc2)CC1. The molecule has 1 aliphatic rings. The van der Waals surface area contributed by atoms with E-state index in [1.54, 1.807) is 0 Å². The van der Waals surface area contributed by atoms with E-state index in [1.165, 1.54) is 18.4 Å². The molecule has 1 saturated heterocycles. The molecule has 3 aromatic carbocycles. The molecule has 2 aromatic heterocycles. The fourth-order valence-electron chi connectivity index (χ4n) is 4.89. The maximum absolute atomic E-state index is 5.83. The summed E-state index contributed by atoms with van der Waals surface area (Å²) < 4.78 is 2.15. The van der Waals surface area contributed by atoms with Gasteiger partial charge < -0.3 is 25.8 Å². The van der Waals surface area contributed by atoms with Crippen molar-refractivity contribution < 1.29 is 0 Å². The standard InChI is InChI=1S/C29H32N8/c1-36-14-12-25(13-15-36)32-23-7-9-24(10-8-23)33-29-17-27(34-35-29)21-4-11-26-28(16-21)37(19-31-26)18-20-2-5-22(30)6-3-20/h2-11,16-17,19,25,32H,12-15,18,30H2,1H3,(H2,33,34,35). The Bertz CT molecular complexity index is 1470. The fourth-order valence-corrected chi connectivity index (χ4v) is 4.89. The first-order valence-corrected chi connectivity index (χ1v) is 12.8. The zero-order valence-corrected chi connectivity index (χ0v) is 21.0. The summed E-state index contributed by atoms with van der Waals surface area (Å²) >= 11 is 0. The molecule has 0 unspecified atom stereocenters. The second kappa shape index (κ2) is 9.99. The molecular formula is C29H32N8. The quantitative estimate of drug-likeness (QED) is 0.230. The van der Waals surface area contributed by atoms with Crippen molar-refractivity contribution in [1.82, 2.24) is 24.6 Å². The molecule has 8 nitrogen and oxygen atoms in total. The van der Waals surface area contributed by atoms with E-state index in [1.807, 2.05) is 30.6 Å². The first kappa shape index (κ1) is 23.1. The van der Waals surface area contributed by atoms with Crippen LogP contribution in [0.1, 0.15) is 18.4 Å². The first-order chi connectivity index (χ1) is 18.1. The molecule has 0 atom stereocenters. The van der Waals surface area contributed by atoms with Crippen LogP contribution in [-0.2, 0) is 6.54 Å². The fraction of sp³-hybridized carbons (Fsp3) is 0.241. The van der Waals surface area contributed by atoms with Gasteiger partial charge in [-0.3, -0.25) is 5.10 Å². The largest absolute Gasteiger partial charge is 0.399 e. The molecule has 3 heterocycles. The van der Waals surface area contributed by atoms with Gasteiger partial charge in [-0.1, -0.05) is 18.2 Å². The number of nitrogen functional groups attached to an aromatic ring is 1. The number of aromatic amines is 1. The van der Waals surface area contributed by atoms with Crippen molar-refractivity contribution in [2.24, 2.45) is 0 Å². The van der Waals surface area contributed by atoms with E-state index in [-0.39, 0.29) is 0 Å². The van der Waals surface area contributed by atoms with Crippen LogP contribution >= 0.6 is 0 Å². The Morgan fingerprint density at radius 3 is 2.49 bits per heavy atom. The van der Waals surface area contributed by atoms with Gasteiger partial charge >= 0.3 is 0 Å². The van der Waals surface area contributed by atoms with Crippen LogP contribution in [0.15, 0.2) is 79.1 Å². The highest BCUT2D eigenvalue weighted by atomic mass is 15.2. The van der Waals surface area contributed by atoms with E-state index < -0.39 is 0 Å². The molecule has 0 bridgehead atoms. The molecule has 5 N–H and O–H groups in total. The maximum atomic E-state index is 5.83. The van der Waals surface area contributed by atoms with Gasteiger partial charge in [-0.2, -0.15) is 5.10 Å². The molecule has 6 rings (SSSR count). The lowest BCUT2D eigenvalue weighted by molar-refractivity contribution is 0.264. The van der Waals surface area contributed by atoms with Crippen molar-refractivity contribution in [3.63, 3.8) is 0 Å². The number of fused-ring (bicyclic) bond motifs is 1. The average Bonchev–Trinajstić information content (AvgIpc) is 3.55. The van der Waals surface area contributed by atoms with Gasteiger partial charge in [0.1, 0.15) is 0 Å². The molecule has 1 fully saturated rings. The summed E-state index contributed by atoms with van der Waals surface area (Å²) in [5.74, 6) is 0.779. The topological polar surface area (TPSA) is 99.8 Å². The summed E-state index contributed by atoms with van der Waals surface area (Å²) in [5, 5.41) is 14.7. The molecule has 0 spiro atoms. The molecule has 5 aromatic rings. The van der Waals surface area contributed by atoms with Crippen LogP contribution in [-0.4, -0.2) is 50.8 Å². The number of aromatic nitrogens is 4. The third-order valence-corrected chi connectivity index (χ3v) is 7.09. The number of benzene rings is 3. The van der Waals surface area contributed by atoms with Gasteiger partial charge in [0.15, 0.2) is 5.82 Å². The third-order valence-electron chi connectivity index (χ3n) is 7.09. The molecule has 1 aliphatic heterocycles. The summed E-state index contributed by atoms with van der Waals surface area (Å²) in [6.07, 6.45) is 4.25. The van der Waals surface area contributed by atoms with Crippen molar-refractivity contribution >= 4 is 33.9 Å². The van der Waals surface area contributed by atoms with Crippen molar-refractivity contribution in [2.45, 2.75) is 25.4 Å². The van der Waals surface area contributed by atoms with Gasteiger partial charge in [0, 0.05) is 41.3 Å². The van der Waals surface area contributed by atoms with Gasteiger partial charge in [0.2, 0.25) is 0 Å². The lowest BCUT2D eigenvalue weighted by atomic mass is 10.1. The molecule has 37 heavy (non-hydrogen) atoms.